The normalized spacial score (nSPS) is 11.8. The Hall–Kier alpha value is -2.77. The molecule has 8 nitrogen and oxygen atoms in total. The van der Waals surface area contributed by atoms with E-state index in [1.807, 2.05) is 58.9 Å². The number of nitrogens with zero attached hydrogens (tertiary/aromatic N) is 1. The highest BCUT2D eigenvalue weighted by Crippen LogP contribution is 2.12. The van der Waals surface area contributed by atoms with Crippen LogP contribution >= 0.6 is 0 Å². The molecule has 0 bridgehead atoms. The molecule has 0 heterocycles. The number of anilines is 1. The highest BCUT2D eigenvalue weighted by molar-refractivity contribution is 5.90. The van der Waals surface area contributed by atoms with Crippen molar-refractivity contribution in [2.24, 2.45) is 10.9 Å². The van der Waals surface area contributed by atoms with Crippen molar-refractivity contribution in [2.75, 3.05) is 25.5 Å². The Morgan fingerprint density at radius 2 is 1.80 bits per heavy atom. The summed E-state index contributed by atoms with van der Waals surface area (Å²) < 4.78 is 5.19. The van der Waals surface area contributed by atoms with Gasteiger partial charge in [-0.15, -0.1) is 0 Å². The molecule has 0 aliphatic heterocycles. The fraction of sp³-hybridized carbons (Fsp3) is 0.591. The SMILES string of the molecule is CN=C(NCCCNC(=O)OC(C)(C)C)NCc1cccc(NC(=O)CC(C)C)c1. The van der Waals surface area contributed by atoms with Gasteiger partial charge >= 0.3 is 6.09 Å². The Morgan fingerprint density at radius 1 is 1.10 bits per heavy atom. The number of nitrogens with one attached hydrogen (secondary N) is 4. The molecule has 0 saturated heterocycles. The fourth-order valence-electron chi connectivity index (χ4n) is 2.55. The molecule has 0 aromatic heterocycles. The average Bonchev–Trinajstić information content (AvgIpc) is 2.62. The maximum Gasteiger partial charge on any atom is 0.407 e. The lowest BCUT2D eigenvalue weighted by molar-refractivity contribution is -0.116. The van der Waals surface area contributed by atoms with E-state index in [4.69, 9.17) is 4.74 Å². The third-order valence-electron chi connectivity index (χ3n) is 3.80. The molecule has 0 spiro atoms. The first kappa shape index (κ1) is 25.3. The molecule has 0 radical (unpaired) electrons. The molecule has 0 aliphatic carbocycles. The number of alkyl carbamates (subject to hydrolysis) is 1. The minimum absolute atomic E-state index is 0.0209. The topological polar surface area (TPSA) is 104 Å². The highest BCUT2D eigenvalue weighted by Gasteiger charge is 2.15. The summed E-state index contributed by atoms with van der Waals surface area (Å²) in [5.74, 6) is 1.01. The van der Waals surface area contributed by atoms with Crippen molar-refractivity contribution in [3.05, 3.63) is 29.8 Å². The lowest BCUT2D eigenvalue weighted by Gasteiger charge is -2.19. The van der Waals surface area contributed by atoms with Crippen LogP contribution in [0.2, 0.25) is 0 Å². The van der Waals surface area contributed by atoms with Gasteiger partial charge in [-0.2, -0.15) is 0 Å². The first-order chi connectivity index (χ1) is 14.1. The molecule has 30 heavy (non-hydrogen) atoms. The van der Waals surface area contributed by atoms with Crippen molar-refractivity contribution in [1.82, 2.24) is 16.0 Å². The van der Waals surface area contributed by atoms with Gasteiger partial charge in [-0.05, 0) is 50.8 Å². The zero-order chi connectivity index (χ0) is 22.6. The molecule has 1 aromatic rings. The number of rotatable bonds is 9. The Labute approximate surface area is 180 Å². The van der Waals surface area contributed by atoms with Crippen LogP contribution in [0.4, 0.5) is 10.5 Å². The van der Waals surface area contributed by atoms with E-state index < -0.39 is 11.7 Å². The molecule has 8 heteroatoms. The summed E-state index contributed by atoms with van der Waals surface area (Å²) in [4.78, 5) is 27.7. The maximum absolute atomic E-state index is 11.9. The molecule has 0 aliphatic rings. The molecule has 2 amide bonds. The Kier molecular flexibility index (Phi) is 10.7. The molecule has 1 aromatic carbocycles. The highest BCUT2D eigenvalue weighted by atomic mass is 16.6. The molecule has 0 atom stereocenters. The van der Waals surface area contributed by atoms with Gasteiger partial charge in [0.05, 0.1) is 0 Å². The molecule has 4 N–H and O–H groups in total. The number of benzene rings is 1. The van der Waals surface area contributed by atoms with Crippen LogP contribution in [0.1, 0.15) is 53.0 Å². The van der Waals surface area contributed by atoms with Crippen LogP contribution in [-0.4, -0.2) is 43.7 Å². The first-order valence-electron chi connectivity index (χ1n) is 10.4. The minimum Gasteiger partial charge on any atom is -0.444 e. The summed E-state index contributed by atoms with van der Waals surface area (Å²) in [6.07, 6.45) is 0.824. The summed E-state index contributed by atoms with van der Waals surface area (Å²) >= 11 is 0. The van der Waals surface area contributed by atoms with E-state index in [2.05, 4.69) is 26.3 Å². The van der Waals surface area contributed by atoms with Gasteiger partial charge in [-0.3, -0.25) is 9.79 Å². The largest absolute Gasteiger partial charge is 0.444 e. The second-order valence-corrected chi connectivity index (χ2v) is 8.48. The van der Waals surface area contributed by atoms with Gasteiger partial charge in [0.2, 0.25) is 5.91 Å². The van der Waals surface area contributed by atoms with E-state index in [-0.39, 0.29) is 5.91 Å². The molecule has 168 valence electrons. The number of carbonyl (C=O) groups is 2. The van der Waals surface area contributed by atoms with Gasteiger partial charge in [0.15, 0.2) is 5.96 Å². The van der Waals surface area contributed by atoms with Gasteiger partial charge in [-0.1, -0.05) is 26.0 Å². The fourth-order valence-corrected chi connectivity index (χ4v) is 2.55. The zero-order valence-electron chi connectivity index (χ0n) is 19.1. The zero-order valence-corrected chi connectivity index (χ0v) is 19.1. The number of hydrogen-bond acceptors (Lipinski definition) is 4. The third kappa shape index (κ3) is 11.9. The average molecular weight is 420 g/mol. The van der Waals surface area contributed by atoms with E-state index in [1.54, 1.807) is 7.05 Å². The van der Waals surface area contributed by atoms with Crippen molar-refractivity contribution in [1.29, 1.82) is 0 Å². The van der Waals surface area contributed by atoms with Crippen LogP contribution in [-0.2, 0) is 16.1 Å². The van der Waals surface area contributed by atoms with Gasteiger partial charge in [0, 0.05) is 38.8 Å². The van der Waals surface area contributed by atoms with E-state index in [0.717, 1.165) is 17.7 Å². The Balaban J connectivity index is 2.34. The van der Waals surface area contributed by atoms with Crippen molar-refractivity contribution in [3.8, 4) is 0 Å². The number of carbonyl (C=O) groups excluding carboxylic acids is 2. The third-order valence-corrected chi connectivity index (χ3v) is 3.80. The smallest absolute Gasteiger partial charge is 0.407 e. The van der Waals surface area contributed by atoms with Gasteiger partial charge < -0.3 is 26.0 Å². The first-order valence-corrected chi connectivity index (χ1v) is 10.4. The molecule has 0 fully saturated rings. The molecule has 0 unspecified atom stereocenters. The van der Waals surface area contributed by atoms with Crippen molar-refractivity contribution in [3.63, 3.8) is 0 Å². The standard InChI is InChI=1S/C22H37N5O3/c1-16(2)13-19(28)27-18-10-7-9-17(14-18)15-26-20(23-6)24-11-8-12-25-21(29)30-22(3,4)5/h7,9-10,14,16H,8,11-13,15H2,1-6H3,(H,25,29)(H,27,28)(H2,23,24,26). The molecular formula is C22H37N5O3. The summed E-state index contributed by atoms with van der Waals surface area (Å²) in [5.41, 5.74) is 1.33. The summed E-state index contributed by atoms with van der Waals surface area (Å²) in [7, 11) is 1.71. The number of guanidine groups is 1. The van der Waals surface area contributed by atoms with Gasteiger partial charge in [0.25, 0.3) is 0 Å². The van der Waals surface area contributed by atoms with E-state index in [1.165, 1.54) is 0 Å². The van der Waals surface area contributed by atoms with E-state index >= 15 is 0 Å². The summed E-state index contributed by atoms with van der Waals surface area (Å²) in [6, 6.07) is 7.74. The van der Waals surface area contributed by atoms with Crippen LogP contribution in [0.5, 0.6) is 0 Å². The number of aliphatic imine (C=N–C) groups is 1. The van der Waals surface area contributed by atoms with E-state index in [0.29, 0.717) is 37.9 Å². The molecule has 1 rings (SSSR count). The summed E-state index contributed by atoms with van der Waals surface area (Å²) in [6.45, 7) is 11.3. The predicted octanol–water partition coefficient (Wildman–Crippen LogP) is 3.25. The van der Waals surface area contributed by atoms with Crippen LogP contribution in [0.3, 0.4) is 0 Å². The van der Waals surface area contributed by atoms with Gasteiger partial charge in [0.1, 0.15) is 5.60 Å². The maximum atomic E-state index is 11.9. The quantitative estimate of drug-likeness (QED) is 0.279. The van der Waals surface area contributed by atoms with Crippen molar-refractivity contribution in [2.45, 2.75) is 59.6 Å². The minimum atomic E-state index is -0.497. The van der Waals surface area contributed by atoms with Crippen LogP contribution < -0.4 is 21.3 Å². The van der Waals surface area contributed by atoms with Crippen molar-refractivity contribution >= 4 is 23.6 Å². The summed E-state index contributed by atoms with van der Waals surface area (Å²) in [5, 5.41) is 12.1. The second-order valence-electron chi connectivity index (χ2n) is 8.48. The van der Waals surface area contributed by atoms with E-state index in [9.17, 15) is 9.59 Å². The lowest BCUT2D eigenvalue weighted by Crippen LogP contribution is -2.39. The second kappa shape index (κ2) is 12.7. The Bertz CT molecular complexity index is 711. The number of ether oxygens (including phenoxy) is 1. The molecular weight excluding hydrogens is 382 g/mol. The van der Waals surface area contributed by atoms with Crippen LogP contribution in [0, 0.1) is 5.92 Å². The lowest BCUT2D eigenvalue weighted by atomic mass is 10.1. The van der Waals surface area contributed by atoms with Crippen LogP contribution in [0.25, 0.3) is 0 Å². The van der Waals surface area contributed by atoms with Crippen molar-refractivity contribution < 1.29 is 14.3 Å². The predicted molar refractivity (Wildman–Crippen MR) is 122 cm³/mol. The molecule has 0 saturated carbocycles. The monoisotopic (exact) mass is 419 g/mol. The number of hydrogen-bond donors (Lipinski definition) is 4. The Morgan fingerprint density at radius 3 is 2.43 bits per heavy atom. The number of amides is 2. The van der Waals surface area contributed by atoms with Crippen LogP contribution in [0.15, 0.2) is 29.3 Å². The van der Waals surface area contributed by atoms with Gasteiger partial charge in [-0.25, -0.2) is 4.79 Å².